The van der Waals surface area contributed by atoms with Gasteiger partial charge in [0.15, 0.2) is 0 Å². The van der Waals surface area contributed by atoms with Crippen LogP contribution in [0.2, 0.25) is 0 Å². The van der Waals surface area contributed by atoms with Crippen LogP contribution in [0.1, 0.15) is 12.5 Å². The minimum Gasteiger partial charge on any atom is -0.326 e. The molecule has 0 aliphatic rings. The second-order valence-corrected chi connectivity index (χ2v) is 4.24. The van der Waals surface area contributed by atoms with Gasteiger partial charge in [-0.1, -0.05) is 6.07 Å². The molecular formula is C12H11F5N2O2. The summed E-state index contributed by atoms with van der Waals surface area (Å²) >= 11 is 0. The molecule has 21 heavy (non-hydrogen) atoms. The van der Waals surface area contributed by atoms with Gasteiger partial charge in [-0.05, 0) is 24.6 Å². The van der Waals surface area contributed by atoms with Gasteiger partial charge in [-0.25, -0.2) is 0 Å². The molecule has 4 nitrogen and oxygen atoms in total. The molecule has 0 saturated heterocycles. The molecule has 0 heterocycles. The number of carbonyl (C=O) groups excluding carboxylic acids is 2. The van der Waals surface area contributed by atoms with Gasteiger partial charge in [-0.3, -0.25) is 9.59 Å². The van der Waals surface area contributed by atoms with E-state index in [1.165, 1.54) is 31.3 Å². The Labute approximate surface area is 116 Å². The summed E-state index contributed by atoms with van der Waals surface area (Å²) in [7, 11) is 0. The van der Waals surface area contributed by atoms with Crippen molar-refractivity contribution < 1.29 is 31.5 Å². The normalized spacial score (nSPS) is 12.0. The van der Waals surface area contributed by atoms with Gasteiger partial charge >= 0.3 is 18.0 Å². The molecule has 1 rings (SSSR count). The molecule has 116 valence electrons. The van der Waals surface area contributed by atoms with Crippen LogP contribution in [0.3, 0.4) is 0 Å². The molecule has 0 aromatic heterocycles. The van der Waals surface area contributed by atoms with Crippen LogP contribution in [0.25, 0.3) is 0 Å². The number of alkyl halides is 5. The van der Waals surface area contributed by atoms with Crippen molar-refractivity contribution in [1.82, 2.24) is 0 Å². The molecule has 9 heteroatoms. The Kier molecular flexibility index (Phi) is 4.55. The zero-order chi connectivity index (χ0) is 16.4. The molecule has 0 fully saturated rings. The van der Waals surface area contributed by atoms with E-state index >= 15 is 0 Å². The van der Waals surface area contributed by atoms with Crippen molar-refractivity contribution in [2.75, 3.05) is 10.6 Å². The Hall–Kier alpha value is -2.19. The van der Waals surface area contributed by atoms with E-state index in [4.69, 9.17) is 0 Å². The van der Waals surface area contributed by atoms with Gasteiger partial charge in [0.1, 0.15) is 0 Å². The smallest absolute Gasteiger partial charge is 0.326 e. The maximum atomic E-state index is 12.8. The van der Waals surface area contributed by atoms with E-state index in [-0.39, 0.29) is 16.9 Å². The van der Waals surface area contributed by atoms with Crippen molar-refractivity contribution in [3.05, 3.63) is 23.8 Å². The van der Waals surface area contributed by atoms with Crippen molar-refractivity contribution in [1.29, 1.82) is 0 Å². The average molecular weight is 310 g/mol. The van der Waals surface area contributed by atoms with Crippen LogP contribution in [0, 0.1) is 6.92 Å². The van der Waals surface area contributed by atoms with E-state index in [2.05, 4.69) is 5.32 Å². The van der Waals surface area contributed by atoms with Crippen molar-refractivity contribution in [3.8, 4) is 0 Å². The number of halogens is 5. The summed E-state index contributed by atoms with van der Waals surface area (Å²) in [5.41, 5.74) is 0.157. The number of hydrogen-bond acceptors (Lipinski definition) is 2. The molecule has 0 bridgehead atoms. The summed E-state index contributed by atoms with van der Waals surface area (Å²) in [5.74, 6) is -8.46. The molecule has 2 N–H and O–H groups in total. The Morgan fingerprint density at radius 3 is 2.10 bits per heavy atom. The SMILES string of the molecule is CC(=O)Nc1ccc(C)c(NC(=O)C(F)(F)C(F)(F)F)c1. The lowest BCUT2D eigenvalue weighted by Gasteiger charge is -2.19. The number of aryl methyl sites for hydroxylation is 1. The quantitative estimate of drug-likeness (QED) is 0.843. The van der Waals surface area contributed by atoms with E-state index in [1.807, 2.05) is 0 Å². The Balaban J connectivity index is 3.02. The molecule has 0 radical (unpaired) electrons. The predicted molar refractivity (Wildman–Crippen MR) is 65.1 cm³/mol. The van der Waals surface area contributed by atoms with Crippen molar-refractivity contribution >= 4 is 23.2 Å². The molecule has 1 aromatic rings. The van der Waals surface area contributed by atoms with Crippen LogP contribution in [-0.4, -0.2) is 23.9 Å². The summed E-state index contributed by atoms with van der Waals surface area (Å²) in [6, 6.07) is 3.85. The average Bonchev–Trinajstić information content (AvgIpc) is 2.31. The second-order valence-electron chi connectivity index (χ2n) is 4.24. The third-order valence-electron chi connectivity index (χ3n) is 2.45. The fourth-order valence-electron chi connectivity index (χ4n) is 1.37. The number of benzene rings is 1. The van der Waals surface area contributed by atoms with E-state index in [0.29, 0.717) is 0 Å². The van der Waals surface area contributed by atoms with Crippen molar-refractivity contribution in [2.45, 2.75) is 25.9 Å². The number of rotatable bonds is 3. The first kappa shape index (κ1) is 16.9. The Morgan fingerprint density at radius 1 is 1.05 bits per heavy atom. The predicted octanol–water partition coefficient (Wildman–Crippen LogP) is 3.09. The first-order valence-electron chi connectivity index (χ1n) is 5.59. The first-order chi connectivity index (χ1) is 9.45. The lowest BCUT2D eigenvalue weighted by molar-refractivity contribution is -0.267. The lowest BCUT2D eigenvalue weighted by atomic mass is 10.1. The maximum absolute atomic E-state index is 12.8. The Morgan fingerprint density at radius 2 is 1.62 bits per heavy atom. The lowest BCUT2D eigenvalue weighted by Crippen LogP contribution is -2.47. The molecule has 0 aliphatic heterocycles. The minimum absolute atomic E-state index is 0.152. The summed E-state index contributed by atoms with van der Waals surface area (Å²) < 4.78 is 61.9. The van der Waals surface area contributed by atoms with Crippen molar-refractivity contribution in [2.24, 2.45) is 0 Å². The Bertz CT molecular complexity index is 569. The summed E-state index contributed by atoms with van der Waals surface area (Å²) in [5, 5.41) is 3.83. The van der Waals surface area contributed by atoms with E-state index in [0.717, 1.165) is 6.07 Å². The second kappa shape index (κ2) is 5.66. The number of hydrogen-bond donors (Lipinski definition) is 2. The topological polar surface area (TPSA) is 58.2 Å². The van der Waals surface area contributed by atoms with Crippen LogP contribution >= 0.6 is 0 Å². The van der Waals surface area contributed by atoms with Gasteiger partial charge in [0, 0.05) is 18.3 Å². The van der Waals surface area contributed by atoms with Crippen LogP contribution in [0.5, 0.6) is 0 Å². The summed E-state index contributed by atoms with van der Waals surface area (Å²) in [6.45, 7) is 2.59. The first-order valence-corrected chi connectivity index (χ1v) is 5.59. The molecule has 0 unspecified atom stereocenters. The molecule has 1 aromatic carbocycles. The zero-order valence-corrected chi connectivity index (χ0v) is 10.9. The minimum atomic E-state index is -5.99. The standard InChI is InChI=1S/C12H11F5N2O2/c1-6-3-4-8(18-7(2)20)5-9(6)19-10(21)11(13,14)12(15,16)17/h3-5H,1-2H3,(H,18,20)(H,19,21). The number of nitrogens with one attached hydrogen (secondary N) is 2. The molecule has 2 amide bonds. The monoisotopic (exact) mass is 310 g/mol. The van der Waals surface area contributed by atoms with Gasteiger partial charge in [-0.15, -0.1) is 0 Å². The third-order valence-corrected chi connectivity index (χ3v) is 2.45. The molecule has 0 aliphatic carbocycles. The van der Waals surface area contributed by atoms with Crippen molar-refractivity contribution in [3.63, 3.8) is 0 Å². The van der Waals surface area contributed by atoms with Gasteiger partial charge in [0.2, 0.25) is 5.91 Å². The van der Waals surface area contributed by atoms with E-state index in [9.17, 15) is 31.5 Å². The molecular weight excluding hydrogens is 299 g/mol. The van der Waals surface area contributed by atoms with E-state index < -0.39 is 23.9 Å². The van der Waals surface area contributed by atoms with Gasteiger partial charge in [0.25, 0.3) is 0 Å². The number of carbonyl (C=O) groups is 2. The van der Waals surface area contributed by atoms with E-state index in [1.54, 1.807) is 0 Å². The van der Waals surface area contributed by atoms with Crippen LogP contribution in [0.15, 0.2) is 18.2 Å². The largest absolute Gasteiger partial charge is 0.463 e. The fourth-order valence-corrected chi connectivity index (χ4v) is 1.37. The molecule has 0 saturated carbocycles. The van der Waals surface area contributed by atoms with Gasteiger partial charge in [0.05, 0.1) is 0 Å². The number of anilines is 2. The third kappa shape index (κ3) is 3.89. The maximum Gasteiger partial charge on any atom is 0.463 e. The van der Waals surface area contributed by atoms with Crippen LogP contribution in [0.4, 0.5) is 33.3 Å². The van der Waals surface area contributed by atoms with Gasteiger partial charge < -0.3 is 10.6 Å². The molecule has 0 atom stereocenters. The highest BCUT2D eigenvalue weighted by Gasteiger charge is 2.63. The van der Waals surface area contributed by atoms with Gasteiger partial charge in [-0.2, -0.15) is 22.0 Å². The highest BCUT2D eigenvalue weighted by molar-refractivity contribution is 5.98. The summed E-state index contributed by atoms with van der Waals surface area (Å²) in [4.78, 5) is 22.0. The highest BCUT2D eigenvalue weighted by Crippen LogP contribution is 2.36. The van der Waals surface area contributed by atoms with Crippen LogP contribution in [-0.2, 0) is 9.59 Å². The highest BCUT2D eigenvalue weighted by atomic mass is 19.4. The number of amides is 2. The van der Waals surface area contributed by atoms with Crippen LogP contribution < -0.4 is 10.6 Å². The zero-order valence-electron chi connectivity index (χ0n) is 10.9. The fraction of sp³-hybridized carbons (Fsp3) is 0.333. The summed E-state index contributed by atoms with van der Waals surface area (Å²) in [6.07, 6.45) is -5.99. The molecule has 0 spiro atoms.